The Morgan fingerprint density at radius 2 is 1.96 bits per heavy atom. The fraction of sp³-hybridized carbons (Fsp3) is 0.316. The van der Waals surface area contributed by atoms with Crippen molar-refractivity contribution in [3.8, 4) is 0 Å². The number of rotatable bonds is 6. The van der Waals surface area contributed by atoms with E-state index in [9.17, 15) is 4.79 Å². The van der Waals surface area contributed by atoms with E-state index in [1.165, 1.54) is 11.1 Å². The first kappa shape index (κ1) is 15.8. The van der Waals surface area contributed by atoms with Gasteiger partial charge in [0.1, 0.15) is 0 Å². The lowest BCUT2D eigenvalue weighted by atomic mass is 10.1. The van der Waals surface area contributed by atoms with E-state index < -0.39 is 0 Å². The minimum atomic E-state index is 0.0759. The molecule has 25 heavy (non-hydrogen) atoms. The smallest absolute Gasteiger partial charge is 0.220 e. The maximum Gasteiger partial charge on any atom is 0.220 e. The maximum absolute atomic E-state index is 12.1. The van der Waals surface area contributed by atoms with Gasteiger partial charge in [-0.2, -0.15) is 5.10 Å². The Morgan fingerprint density at radius 3 is 2.76 bits per heavy atom. The van der Waals surface area contributed by atoms with Crippen LogP contribution < -0.4 is 5.32 Å². The molecule has 1 N–H and O–H groups in total. The van der Waals surface area contributed by atoms with Crippen LogP contribution >= 0.6 is 0 Å². The van der Waals surface area contributed by atoms with E-state index in [0.29, 0.717) is 13.0 Å². The van der Waals surface area contributed by atoms with E-state index >= 15 is 0 Å². The van der Waals surface area contributed by atoms with Crippen LogP contribution in [0.5, 0.6) is 0 Å². The summed E-state index contributed by atoms with van der Waals surface area (Å²) in [4.78, 5) is 18.8. The molecule has 0 spiro atoms. The first-order valence-corrected chi connectivity index (χ1v) is 8.63. The van der Waals surface area contributed by atoms with Crippen molar-refractivity contribution in [2.75, 3.05) is 6.54 Å². The second-order valence-electron chi connectivity index (χ2n) is 6.42. The quantitative estimate of drug-likeness (QED) is 0.750. The molecule has 0 atom stereocenters. The van der Waals surface area contributed by atoms with Gasteiger partial charge in [0.05, 0.1) is 6.20 Å². The highest BCUT2D eigenvalue weighted by molar-refractivity contribution is 5.76. The van der Waals surface area contributed by atoms with Gasteiger partial charge in [0, 0.05) is 44.0 Å². The Kier molecular flexibility index (Phi) is 4.43. The van der Waals surface area contributed by atoms with E-state index in [1.807, 2.05) is 12.3 Å². The van der Waals surface area contributed by atoms with Gasteiger partial charge in [-0.05, 0) is 30.2 Å². The predicted octanol–water partition coefficient (Wildman–Crippen LogP) is 2.14. The average Bonchev–Trinajstić information content (AvgIpc) is 3.23. The number of nitrogens with zero attached hydrogens (tertiary/aromatic N) is 4. The molecule has 1 aromatic carbocycles. The molecule has 3 heterocycles. The summed E-state index contributed by atoms with van der Waals surface area (Å²) in [5.74, 6) is 0.0759. The fourth-order valence-electron chi connectivity index (χ4n) is 3.31. The van der Waals surface area contributed by atoms with Crippen LogP contribution in [0.25, 0.3) is 5.65 Å². The van der Waals surface area contributed by atoms with Crippen molar-refractivity contribution in [3.63, 3.8) is 0 Å². The van der Waals surface area contributed by atoms with Crippen molar-refractivity contribution in [2.24, 2.45) is 0 Å². The van der Waals surface area contributed by atoms with Crippen LogP contribution in [-0.2, 0) is 24.4 Å². The van der Waals surface area contributed by atoms with Gasteiger partial charge in [0.2, 0.25) is 5.91 Å². The van der Waals surface area contributed by atoms with E-state index in [2.05, 4.69) is 44.6 Å². The van der Waals surface area contributed by atoms with Crippen LogP contribution in [0.4, 0.5) is 0 Å². The lowest BCUT2D eigenvalue weighted by Crippen LogP contribution is -2.24. The fourth-order valence-corrected chi connectivity index (χ4v) is 3.31. The van der Waals surface area contributed by atoms with Gasteiger partial charge in [0.25, 0.3) is 0 Å². The molecular formula is C19H21N5O. The second-order valence-corrected chi connectivity index (χ2v) is 6.42. The van der Waals surface area contributed by atoms with Crippen molar-refractivity contribution in [3.05, 3.63) is 65.6 Å². The van der Waals surface area contributed by atoms with Gasteiger partial charge in [0.15, 0.2) is 5.65 Å². The van der Waals surface area contributed by atoms with Gasteiger partial charge < -0.3 is 5.32 Å². The third-order valence-electron chi connectivity index (χ3n) is 4.61. The molecule has 0 saturated carbocycles. The van der Waals surface area contributed by atoms with Crippen molar-refractivity contribution in [1.82, 2.24) is 24.8 Å². The number of benzene rings is 1. The first-order chi connectivity index (χ1) is 12.3. The zero-order chi connectivity index (χ0) is 17.1. The predicted molar refractivity (Wildman–Crippen MR) is 94.6 cm³/mol. The lowest BCUT2D eigenvalue weighted by Gasteiger charge is -2.14. The van der Waals surface area contributed by atoms with Crippen LogP contribution in [0.3, 0.4) is 0 Å². The van der Waals surface area contributed by atoms with Crippen molar-refractivity contribution < 1.29 is 4.79 Å². The van der Waals surface area contributed by atoms with E-state index in [-0.39, 0.29) is 5.91 Å². The number of amides is 1. The molecule has 0 bridgehead atoms. The molecule has 0 unspecified atom stereocenters. The van der Waals surface area contributed by atoms with Crippen molar-refractivity contribution in [1.29, 1.82) is 0 Å². The molecule has 6 heteroatoms. The minimum Gasteiger partial charge on any atom is -0.352 e. The van der Waals surface area contributed by atoms with Gasteiger partial charge in [-0.3, -0.25) is 9.69 Å². The summed E-state index contributed by atoms with van der Waals surface area (Å²) < 4.78 is 1.71. The molecule has 2 aromatic heterocycles. The summed E-state index contributed by atoms with van der Waals surface area (Å²) in [5.41, 5.74) is 4.54. The minimum absolute atomic E-state index is 0.0759. The van der Waals surface area contributed by atoms with Gasteiger partial charge >= 0.3 is 0 Å². The van der Waals surface area contributed by atoms with Crippen LogP contribution in [0.1, 0.15) is 29.5 Å². The third kappa shape index (κ3) is 3.53. The highest BCUT2D eigenvalue weighted by Gasteiger charge is 2.17. The molecule has 0 saturated heterocycles. The standard InChI is InChI=1S/C19H21N5O/c25-18(21-11-17-12-22-24-10-4-8-20-19(17)24)7-3-9-23-13-15-5-1-2-6-16(15)14-23/h1-2,4-6,8,10,12H,3,7,9,11,13-14H2,(H,21,25). The Bertz CT molecular complexity index is 863. The molecule has 128 valence electrons. The zero-order valence-electron chi connectivity index (χ0n) is 14.1. The van der Waals surface area contributed by atoms with Crippen LogP contribution in [0.2, 0.25) is 0 Å². The summed E-state index contributed by atoms with van der Waals surface area (Å²) in [6, 6.07) is 10.4. The summed E-state index contributed by atoms with van der Waals surface area (Å²) in [7, 11) is 0. The van der Waals surface area contributed by atoms with Crippen molar-refractivity contribution >= 4 is 11.6 Å². The Hall–Kier alpha value is -2.73. The molecular weight excluding hydrogens is 314 g/mol. The number of hydrogen-bond acceptors (Lipinski definition) is 4. The summed E-state index contributed by atoms with van der Waals surface area (Å²) in [5, 5.41) is 7.20. The molecule has 1 amide bonds. The third-order valence-corrected chi connectivity index (χ3v) is 4.61. The maximum atomic E-state index is 12.1. The topological polar surface area (TPSA) is 62.5 Å². The highest BCUT2D eigenvalue weighted by atomic mass is 16.1. The van der Waals surface area contributed by atoms with E-state index in [0.717, 1.165) is 37.3 Å². The van der Waals surface area contributed by atoms with Gasteiger partial charge in [-0.1, -0.05) is 24.3 Å². The average molecular weight is 335 g/mol. The number of carbonyl (C=O) groups is 1. The molecule has 1 aliphatic heterocycles. The largest absolute Gasteiger partial charge is 0.352 e. The summed E-state index contributed by atoms with van der Waals surface area (Å²) in [6.07, 6.45) is 6.74. The van der Waals surface area contributed by atoms with Crippen molar-refractivity contribution in [2.45, 2.75) is 32.5 Å². The van der Waals surface area contributed by atoms with Crippen LogP contribution in [0.15, 0.2) is 48.9 Å². The van der Waals surface area contributed by atoms with Crippen LogP contribution in [-0.4, -0.2) is 31.9 Å². The summed E-state index contributed by atoms with van der Waals surface area (Å²) >= 11 is 0. The van der Waals surface area contributed by atoms with E-state index in [1.54, 1.807) is 16.9 Å². The molecule has 0 radical (unpaired) electrons. The number of hydrogen-bond donors (Lipinski definition) is 1. The molecule has 3 aromatic rings. The second kappa shape index (κ2) is 7.03. The van der Waals surface area contributed by atoms with E-state index in [4.69, 9.17) is 0 Å². The Morgan fingerprint density at radius 1 is 1.16 bits per heavy atom. The number of aromatic nitrogens is 3. The zero-order valence-corrected chi connectivity index (χ0v) is 14.1. The van der Waals surface area contributed by atoms with Gasteiger partial charge in [-0.15, -0.1) is 0 Å². The molecule has 6 nitrogen and oxygen atoms in total. The molecule has 0 fully saturated rings. The number of nitrogens with one attached hydrogen (secondary N) is 1. The SMILES string of the molecule is O=C(CCCN1Cc2ccccc2C1)NCc1cnn2cccnc12. The lowest BCUT2D eigenvalue weighted by molar-refractivity contribution is -0.121. The molecule has 0 aliphatic carbocycles. The Balaban J connectivity index is 1.21. The van der Waals surface area contributed by atoms with Crippen LogP contribution in [0, 0.1) is 0 Å². The molecule has 4 rings (SSSR count). The normalized spacial score (nSPS) is 13.9. The summed E-state index contributed by atoms with van der Waals surface area (Å²) in [6.45, 7) is 3.40. The molecule has 1 aliphatic rings. The number of carbonyl (C=O) groups excluding carboxylic acids is 1. The monoisotopic (exact) mass is 335 g/mol. The number of fused-ring (bicyclic) bond motifs is 2. The Labute approximate surface area is 146 Å². The van der Waals surface area contributed by atoms with Gasteiger partial charge in [-0.25, -0.2) is 9.50 Å². The highest BCUT2D eigenvalue weighted by Crippen LogP contribution is 2.22. The first-order valence-electron chi connectivity index (χ1n) is 8.63.